The molecule has 4 aliphatic rings. The topological polar surface area (TPSA) is 181 Å². The van der Waals surface area contributed by atoms with E-state index in [0.29, 0.717) is 49.2 Å². The number of amides is 1. The highest BCUT2D eigenvalue weighted by atomic mass is 32.2. The van der Waals surface area contributed by atoms with E-state index >= 15 is 0 Å². The third-order valence-corrected chi connectivity index (χ3v) is 14.4. The number of likely N-dealkylation sites (tertiary alicyclic amines) is 1. The number of nitrogens with zero attached hydrogens (tertiary/aromatic N) is 3. The van der Waals surface area contributed by atoms with Crippen molar-refractivity contribution in [3.05, 3.63) is 124 Å². The standard InChI is InChI=1S/C47H53N7O7S/c55-47(52-62(58,59)38-12-14-42(44(28-38)54(56)57)50-29-31-18-24-60-25-19-31)41-13-9-34(27-45(41)61-37-26-35-17-22-49-46(35)51-30-37)32-7-10-36(11-8-32)53-23-3-6-43(53)40-5-2-1-4-39(40)33-15-20-48-21-16-33/h1-2,4-5,7,9,12-14,17,22,26-28,30-31,33,36,43,48,50H,3,6,8,10-11,15-16,18-21,23-25,29H2,(H,49,51)(H,52,55). The molecule has 0 spiro atoms. The minimum absolute atomic E-state index is 0.0163. The molecule has 5 heterocycles. The predicted octanol–water partition coefficient (Wildman–Crippen LogP) is 8.46. The Hall–Kier alpha value is -5.61. The number of aromatic nitrogens is 2. The van der Waals surface area contributed by atoms with Gasteiger partial charge < -0.3 is 25.1 Å². The summed E-state index contributed by atoms with van der Waals surface area (Å²) in [5, 5.41) is 19.5. The monoisotopic (exact) mass is 859 g/mol. The molecule has 0 radical (unpaired) electrons. The second-order valence-electron chi connectivity index (χ2n) is 16.9. The molecule has 14 nitrogen and oxygen atoms in total. The summed E-state index contributed by atoms with van der Waals surface area (Å²) >= 11 is 0. The molecular formula is C47H53N7O7S. The first-order valence-electron chi connectivity index (χ1n) is 21.9. The summed E-state index contributed by atoms with van der Waals surface area (Å²) in [5.74, 6) is 0.462. The maximum absolute atomic E-state index is 14.0. The Kier molecular flexibility index (Phi) is 12.4. The molecule has 4 N–H and O–H groups in total. The maximum atomic E-state index is 14.0. The van der Waals surface area contributed by atoms with Crippen LogP contribution < -0.4 is 20.1 Å². The number of H-pyrrole nitrogens is 1. The second-order valence-corrected chi connectivity index (χ2v) is 18.6. The fraction of sp³-hybridized carbons (Fsp3) is 0.404. The molecule has 2 unspecified atom stereocenters. The molecule has 9 rings (SSSR count). The van der Waals surface area contributed by atoms with E-state index in [4.69, 9.17) is 9.47 Å². The van der Waals surface area contributed by atoms with Gasteiger partial charge in [0.2, 0.25) is 0 Å². The fourth-order valence-electron chi connectivity index (χ4n) is 9.78. The molecule has 2 aromatic heterocycles. The van der Waals surface area contributed by atoms with Gasteiger partial charge in [-0.2, -0.15) is 0 Å². The Labute approximate surface area is 361 Å². The van der Waals surface area contributed by atoms with Crippen LogP contribution in [0.5, 0.6) is 11.5 Å². The molecule has 2 atom stereocenters. The molecule has 3 aliphatic heterocycles. The van der Waals surface area contributed by atoms with Crippen LogP contribution in [0.1, 0.15) is 96.8 Å². The molecule has 3 aromatic carbocycles. The number of hydrogen-bond acceptors (Lipinski definition) is 11. The van der Waals surface area contributed by atoms with E-state index in [1.165, 1.54) is 42.5 Å². The van der Waals surface area contributed by atoms with Crippen LogP contribution in [0.4, 0.5) is 11.4 Å². The van der Waals surface area contributed by atoms with Gasteiger partial charge in [-0.05, 0) is 148 Å². The van der Waals surface area contributed by atoms with Gasteiger partial charge in [0.15, 0.2) is 0 Å². The second kappa shape index (κ2) is 18.4. The fourth-order valence-corrected chi connectivity index (χ4v) is 10.8. The van der Waals surface area contributed by atoms with Gasteiger partial charge in [-0.3, -0.25) is 19.8 Å². The van der Waals surface area contributed by atoms with Gasteiger partial charge >= 0.3 is 0 Å². The summed E-state index contributed by atoms with van der Waals surface area (Å²) in [6.07, 6.45) is 14.7. The van der Waals surface area contributed by atoms with Gasteiger partial charge in [0.1, 0.15) is 22.8 Å². The van der Waals surface area contributed by atoms with Gasteiger partial charge in [0.25, 0.3) is 21.6 Å². The summed E-state index contributed by atoms with van der Waals surface area (Å²) in [7, 11) is -4.54. The zero-order chi connectivity index (χ0) is 42.6. The highest BCUT2D eigenvalue weighted by molar-refractivity contribution is 7.90. The number of benzene rings is 3. The molecule has 0 saturated carbocycles. The summed E-state index contributed by atoms with van der Waals surface area (Å²) in [6, 6.07) is 22.3. The van der Waals surface area contributed by atoms with Gasteiger partial charge in [-0.1, -0.05) is 36.4 Å². The number of rotatable bonds is 13. The molecule has 0 bridgehead atoms. The number of carbonyl (C=O) groups excluding carboxylic acids is 1. The molecule has 15 heteroatoms. The third-order valence-electron chi connectivity index (χ3n) is 13.1. The first-order chi connectivity index (χ1) is 30.2. The summed E-state index contributed by atoms with van der Waals surface area (Å²) in [5.41, 5.74) is 5.47. The summed E-state index contributed by atoms with van der Waals surface area (Å²) in [6.45, 7) is 4.96. The van der Waals surface area contributed by atoms with E-state index in [-0.39, 0.29) is 22.9 Å². The van der Waals surface area contributed by atoms with Crippen LogP contribution in [0, 0.1) is 16.0 Å². The van der Waals surface area contributed by atoms with Crippen molar-refractivity contribution >= 4 is 43.9 Å². The van der Waals surface area contributed by atoms with Crippen LogP contribution in [0.2, 0.25) is 0 Å². The van der Waals surface area contributed by atoms with Crippen LogP contribution in [-0.2, 0) is 14.8 Å². The van der Waals surface area contributed by atoms with Crippen molar-refractivity contribution in [2.75, 3.05) is 44.7 Å². The number of anilines is 1. The average molecular weight is 860 g/mol. The lowest BCUT2D eigenvalue weighted by Crippen LogP contribution is -2.36. The quantitative estimate of drug-likeness (QED) is 0.0659. The summed E-state index contributed by atoms with van der Waals surface area (Å²) in [4.78, 5) is 35.2. The number of carbonyl (C=O) groups is 1. The number of nitrogens with one attached hydrogen (secondary N) is 4. The van der Waals surface area contributed by atoms with E-state index in [0.717, 1.165) is 80.7 Å². The zero-order valence-electron chi connectivity index (χ0n) is 34.7. The lowest BCUT2D eigenvalue weighted by atomic mass is 9.83. The molecule has 5 aromatic rings. The van der Waals surface area contributed by atoms with Crippen molar-refractivity contribution < 1.29 is 27.6 Å². The number of allylic oxidation sites excluding steroid dienone is 1. The number of nitro groups is 1. The Morgan fingerprint density at radius 1 is 0.968 bits per heavy atom. The minimum Gasteiger partial charge on any atom is -0.455 e. The highest BCUT2D eigenvalue weighted by Crippen LogP contribution is 2.43. The number of sulfonamides is 1. The zero-order valence-corrected chi connectivity index (χ0v) is 35.5. The van der Waals surface area contributed by atoms with Crippen molar-refractivity contribution in [2.45, 2.75) is 80.7 Å². The van der Waals surface area contributed by atoms with Gasteiger partial charge in [-0.15, -0.1) is 0 Å². The first-order valence-corrected chi connectivity index (χ1v) is 23.4. The molecule has 62 heavy (non-hydrogen) atoms. The van der Waals surface area contributed by atoms with Gasteiger partial charge in [-0.25, -0.2) is 18.1 Å². The van der Waals surface area contributed by atoms with Crippen molar-refractivity contribution in [3.8, 4) is 11.5 Å². The first kappa shape index (κ1) is 41.7. The smallest absolute Gasteiger partial charge is 0.293 e. The van der Waals surface area contributed by atoms with Gasteiger partial charge in [0, 0.05) is 49.5 Å². The number of nitro benzene ring substituents is 1. The minimum atomic E-state index is -4.54. The third kappa shape index (κ3) is 9.12. The van der Waals surface area contributed by atoms with Crippen molar-refractivity contribution in [3.63, 3.8) is 0 Å². The van der Waals surface area contributed by atoms with Crippen molar-refractivity contribution in [1.29, 1.82) is 0 Å². The van der Waals surface area contributed by atoms with Gasteiger partial charge in [0.05, 0.1) is 21.6 Å². The lowest BCUT2D eigenvalue weighted by Gasteiger charge is -2.37. The number of piperidine rings is 1. The van der Waals surface area contributed by atoms with E-state index in [9.17, 15) is 23.3 Å². The maximum Gasteiger partial charge on any atom is 0.293 e. The number of ether oxygens (including phenoxy) is 2. The summed E-state index contributed by atoms with van der Waals surface area (Å²) < 4.78 is 41.3. The van der Waals surface area contributed by atoms with Crippen LogP contribution in [0.25, 0.3) is 16.6 Å². The Morgan fingerprint density at radius 3 is 2.58 bits per heavy atom. The van der Waals surface area contributed by atoms with Crippen molar-refractivity contribution in [1.82, 2.24) is 24.9 Å². The number of hydrogen-bond donors (Lipinski definition) is 4. The highest BCUT2D eigenvalue weighted by Gasteiger charge is 2.35. The van der Waals surface area contributed by atoms with Crippen LogP contribution in [-0.4, -0.2) is 79.6 Å². The molecule has 3 saturated heterocycles. The Balaban J connectivity index is 0.948. The number of fused-ring (bicyclic) bond motifs is 1. The normalized spacial score (nSPS) is 20.5. The number of pyridine rings is 1. The van der Waals surface area contributed by atoms with Crippen molar-refractivity contribution in [2.24, 2.45) is 5.92 Å². The lowest BCUT2D eigenvalue weighted by molar-refractivity contribution is -0.384. The molecular weight excluding hydrogens is 807 g/mol. The Morgan fingerprint density at radius 2 is 1.79 bits per heavy atom. The SMILES string of the molecule is O=C(NS(=O)(=O)c1ccc(NCC2CCOCC2)c([N+](=O)[O-])c1)c1ccc(C2=CCC(N3CCCC3c3ccccc3C3CCNCC3)CC2)cc1Oc1cnc2[nH]ccc2c1. The molecule has 3 fully saturated rings. The Bertz CT molecular complexity index is 2580. The molecule has 1 amide bonds. The predicted molar refractivity (Wildman–Crippen MR) is 238 cm³/mol. The average Bonchev–Trinajstić information content (AvgIpc) is 3.99. The van der Waals surface area contributed by atoms with Crippen LogP contribution in [0.3, 0.4) is 0 Å². The largest absolute Gasteiger partial charge is 0.455 e. The van der Waals surface area contributed by atoms with E-state index < -0.39 is 31.4 Å². The van der Waals surface area contributed by atoms with Crippen LogP contribution in [0.15, 0.2) is 96.2 Å². The number of aromatic amines is 1. The molecule has 324 valence electrons. The van der Waals surface area contributed by atoms with E-state index in [2.05, 4.69) is 60.6 Å². The molecule has 1 aliphatic carbocycles. The van der Waals surface area contributed by atoms with Crippen LogP contribution >= 0.6 is 0 Å². The van der Waals surface area contributed by atoms with E-state index in [1.54, 1.807) is 30.6 Å². The van der Waals surface area contributed by atoms with E-state index in [1.807, 2.05) is 12.1 Å².